The van der Waals surface area contributed by atoms with Crippen LogP contribution in [0, 0.1) is 0 Å². The van der Waals surface area contributed by atoms with E-state index in [0.717, 1.165) is 38.2 Å². The van der Waals surface area contributed by atoms with Crippen LogP contribution < -0.4 is 10.2 Å². The fourth-order valence-electron chi connectivity index (χ4n) is 4.15. The molecule has 2 aromatic rings. The molecule has 3 aliphatic rings. The van der Waals surface area contributed by atoms with E-state index in [-0.39, 0.29) is 23.7 Å². The van der Waals surface area contributed by atoms with Gasteiger partial charge in [0, 0.05) is 17.6 Å². The maximum atomic E-state index is 13.0. The van der Waals surface area contributed by atoms with Crippen LogP contribution in [0.15, 0.2) is 30.5 Å². The standard InChI is InChI=1S/C18H21N5O.ClH/c24-17(15-11-23(21-20-15)13-5-9-19-10-6-13)22-12-18(7-8-18)14-3-1-2-4-16(14)22;/h1-4,11,13,19H,5-10,12H2;1H. The fraction of sp³-hybridized carbons (Fsp3) is 0.500. The second-order valence-electron chi connectivity index (χ2n) is 7.25. The van der Waals surface area contributed by atoms with Gasteiger partial charge in [-0.1, -0.05) is 23.4 Å². The SMILES string of the molecule is Cl.O=C(c1cn(C2CCNCC2)nn1)N1CC2(CC2)c2ccccc21. The Labute approximate surface area is 153 Å². The van der Waals surface area contributed by atoms with Crippen LogP contribution in [0.3, 0.4) is 0 Å². The van der Waals surface area contributed by atoms with Gasteiger partial charge < -0.3 is 10.2 Å². The molecular formula is C18H22ClN5O. The van der Waals surface area contributed by atoms with Gasteiger partial charge in [0.1, 0.15) is 0 Å². The highest BCUT2D eigenvalue weighted by molar-refractivity contribution is 6.06. The molecule has 6 nitrogen and oxygen atoms in total. The molecule has 0 unspecified atom stereocenters. The second-order valence-corrected chi connectivity index (χ2v) is 7.25. The summed E-state index contributed by atoms with van der Waals surface area (Å²) in [6.07, 6.45) is 6.25. The molecule has 25 heavy (non-hydrogen) atoms. The molecule has 0 atom stereocenters. The zero-order valence-corrected chi connectivity index (χ0v) is 14.8. The molecule has 2 fully saturated rings. The van der Waals surface area contributed by atoms with Gasteiger partial charge in [-0.25, -0.2) is 4.68 Å². The molecule has 0 radical (unpaired) electrons. The van der Waals surface area contributed by atoms with Crippen LogP contribution in [-0.4, -0.2) is 40.5 Å². The summed E-state index contributed by atoms with van der Waals surface area (Å²) in [7, 11) is 0. The fourth-order valence-corrected chi connectivity index (χ4v) is 4.15. The van der Waals surface area contributed by atoms with E-state index in [4.69, 9.17) is 0 Å². The number of aromatic nitrogens is 3. The number of nitrogens with one attached hydrogen (secondary N) is 1. The van der Waals surface area contributed by atoms with Crippen molar-refractivity contribution < 1.29 is 4.79 Å². The van der Waals surface area contributed by atoms with E-state index in [1.165, 1.54) is 18.4 Å². The van der Waals surface area contributed by atoms with Crippen LogP contribution in [0.4, 0.5) is 5.69 Å². The first-order valence-corrected chi connectivity index (χ1v) is 8.81. The molecule has 1 aromatic heterocycles. The van der Waals surface area contributed by atoms with Crippen molar-refractivity contribution in [2.75, 3.05) is 24.5 Å². The number of rotatable bonds is 2. The van der Waals surface area contributed by atoms with E-state index < -0.39 is 0 Å². The molecule has 1 saturated carbocycles. The van der Waals surface area contributed by atoms with Gasteiger partial charge in [0.2, 0.25) is 0 Å². The number of nitrogens with zero attached hydrogens (tertiary/aromatic N) is 4. The van der Waals surface area contributed by atoms with Crippen molar-refractivity contribution in [3.63, 3.8) is 0 Å². The third-order valence-corrected chi connectivity index (χ3v) is 5.74. The number of piperidine rings is 1. The highest BCUT2D eigenvalue weighted by Gasteiger charge is 2.53. The average molecular weight is 360 g/mol. The molecule has 1 N–H and O–H groups in total. The Morgan fingerprint density at radius 1 is 1.20 bits per heavy atom. The van der Waals surface area contributed by atoms with Crippen LogP contribution in [0.5, 0.6) is 0 Å². The summed E-state index contributed by atoms with van der Waals surface area (Å²) >= 11 is 0. The van der Waals surface area contributed by atoms with Crippen molar-refractivity contribution in [2.45, 2.75) is 37.1 Å². The Morgan fingerprint density at radius 2 is 1.96 bits per heavy atom. The molecule has 1 amide bonds. The zero-order chi connectivity index (χ0) is 16.1. The summed E-state index contributed by atoms with van der Waals surface area (Å²) in [5.41, 5.74) is 3.04. The van der Waals surface area contributed by atoms with Crippen molar-refractivity contribution in [3.8, 4) is 0 Å². The first kappa shape index (κ1) is 16.5. The van der Waals surface area contributed by atoms with E-state index >= 15 is 0 Å². The number of halogens is 1. The minimum Gasteiger partial charge on any atom is -0.317 e. The maximum absolute atomic E-state index is 13.0. The normalized spacial score (nSPS) is 21.0. The number of hydrogen-bond donors (Lipinski definition) is 1. The molecule has 5 rings (SSSR count). The Hall–Kier alpha value is -1.92. The van der Waals surface area contributed by atoms with Gasteiger partial charge in [0.25, 0.3) is 5.91 Å². The van der Waals surface area contributed by atoms with Gasteiger partial charge in [-0.15, -0.1) is 17.5 Å². The van der Waals surface area contributed by atoms with Crippen molar-refractivity contribution in [2.24, 2.45) is 0 Å². The summed E-state index contributed by atoms with van der Waals surface area (Å²) in [5, 5.41) is 11.8. The third kappa shape index (κ3) is 2.64. The number of benzene rings is 1. The number of anilines is 1. The van der Waals surface area contributed by atoms with Crippen LogP contribution in [0.1, 0.15) is 47.8 Å². The van der Waals surface area contributed by atoms with E-state index in [1.54, 1.807) is 0 Å². The van der Waals surface area contributed by atoms with Gasteiger partial charge in [-0.2, -0.15) is 0 Å². The van der Waals surface area contributed by atoms with Crippen molar-refractivity contribution in [3.05, 3.63) is 41.7 Å². The number of carbonyl (C=O) groups is 1. The third-order valence-electron chi connectivity index (χ3n) is 5.74. The highest BCUT2D eigenvalue weighted by atomic mass is 35.5. The van der Waals surface area contributed by atoms with E-state index in [0.29, 0.717) is 11.7 Å². The molecule has 7 heteroatoms. The lowest BCUT2D eigenvalue weighted by molar-refractivity contribution is 0.0982. The summed E-state index contributed by atoms with van der Waals surface area (Å²) in [4.78, 5) is 14.9. The van der Waals surface area contributed by atoms with E-state index in [9.17, 15) is 4.79 Å². The lowest BCUT2D eigenvalue weighted by Gasteiger charge is -2.22. The summed E-state index contributed by atoms with van der Waals surface area (Å²) in [6.45, 7) is 2.77. The predicted octanol–water partition coefficient (Wildman–Crippen LogP) is 2.32. The maximum Gasteiger partial charge on any atom is 0.280 e. The Balaban J connectivity index is 0.00000157. The lowest BCUT2D eigenvalue weighted by atomic mass is 9.99. The number of carbonyl (C=O) groups excluding carboxylic acids is 1. The first-order valence-electron chi connectivity index (χ1n) is 8.81. The first-order chi connectivity index (χ1) is 11.8. The zero-order valence-electron chi connectivity index (χ0n) is 14.0. The summed E-state index contributed by atoms with van der Waals surface area (Å²) in [6, 6.07) is 8.65. The number of amides is 1. The smallest absolute Gasteiger partial charge is 0.280 e. The van der Waals surface area contributed by atoms with E-state index in [2.05, 4.69) is 33.8 Å². The second kappa shape index (κ2) is 6.11. The molecule has 1 aromatic carbocycles. The topological polar surface area (TPSA) is 63.1 Å². The molecule has 1 saturated heterocycles. The summed E-state index contributed by atoms with van der Waals surface area (Å²) in [5.74, 6) is -0.0218. The van der Waals surface area contributed by atoms with Gasteiger partial charge in [0.05, 0.1) is 12.2 Å². The van der Waals surface area contributed by atoms with E-state index in [1.807, 2.05) is 21.8 Å². The molecule has 1 aliphatic carbocycles. The Morgan fingerprint density at radius 3 is 2.72 bits per heavy atom. The van der Waals surface area contributed by atoms with Crippen molar-refractivity contribution >= 4 is 24.0 Å². The Kier molecular flexibility index (Phi) is 4.04. The molecular weight excluding hydrogens is 338 g/mol. The largest absolute Gasteiger partial charge is 0.317 e. The van der Waals surface area contributed by atoms with Crippen molar-refractivity contribution in [1.82, 2.24) is 20.3 Å². The Bertz CT molecular complexity index is 794. The van der Waals surface area contributed by atoms with Crippen LogP contribution in [0.2, 0.25) is 0 Å². The average Bonchev–Trinajstić information content (AvgIpc) is 3.12. The monoisotopic (exact) mass is 359 g/mol. The van der Waals surface area contributed by atoms with Crippen molar-refractivity contribution in [1.29, 1.82) is 0 Å². The number of hydrogen-bond acceptors (Lipinski definition) is 4. The quantitative estimate of drug-likeness (QED) is 0.893. The lowest BCUT2D eigenvalue weighted by Crippen LogP contribution is -2.32. The molecule has 0 bridgehead atoms. The molecule has 132 valence electrons. The highest BCUT2D eigenvalue weighted by Crippen LogP contribution is 2.56. The molecule has 3 heterocycles. The van der Waals surface area contributed by atoms with Crippen LogP contribution in [0.25, 0.3) is 0 Å². The van der Waals surface area contributed by atoms with Gasteiger partial charge in [-0.3, -0.25) is 4.79 Å². The van der Waals surface area contributed by atoms with Crippen LogP contribution in [-0.2, 0) is 5.41 Å². The predicted molar refractivity (Wildman–Crippen MR) is 97.4 cm³/mol. The number of fused-ring (bicyclic) bond motifs is 2. The number of para-hydroxylation sites is 1. The van der Waals surface area contributed by atoms with Gasteiger partial charge in [0.15, 0.2) is 5.69 Å². The molecule has 2 aliphatic heterocycles. The van der Waals surface area contributed by atoms with Gasteiger partial charge >= 0.3 is 0 Å². The molecule has 1 spiro atoms. The summed E-state index contributed by atoms with van der Waals surface area (Å²) < 4.78 is 1.88. The minimum absolute atomic E-state index is 0. The minimum atomic E-state index is -0.0218. The van der Waals surface area contributed by atoms with Gasteiger partial charge in [-0.05, 0) is 50.4 Å². The van der Waals surface area contributed by atoms with Crippen LogP contribution >= 0.6 is 12.4 Å².